The molecule has 0 N–H and O–H groups in total. The molecule has 1 heterocycles. The van der Waals surface area contributed by atoms with Crippen LogP contribution in [0.4, 0.5) is 0 Å². The van der Waals surface area contributed by atoms with Crippen molar-refractivity contribution < 1.29 is 19.1 Å². The molecule has 6 aliphatic rings. The van der Waals surface area contributed by atoms with Gasteiger partial charge in [0.05, 0.1) is 0 Å². The molecule has 0 radical (unpaired) electrons. The predicted molar refractivity (Wildman–Crippen MR) is 154 cm³/mol. The Balaban J connectivity index is 1.36. The smallest absolute Gasteiger partial charge is 0.306 e. The van der Waals surface area contributed by atoms with Crippen LogP contribution in [0.2, 0.25) is 0 Å². The number of fused-ring (bicyclic) bond motifs is 7. The predicted octanol–water partition coefficient (Wildman–Crippen LogP) is 8.28. The Hall–Kier alpha value is -1.32. The molecule has 4 heteroatoms. The van der Waals surface area contributed by atoms with Crippen LogP contribution in [0.25, 0.3) is 0 Å². The molecular formula is C35H54O4. The van der Waals surface area contributed by atoms with Crippen molar-refractivity contribution in [2.24, 2.45) is 56.7 Å². The van der Waals surface area contributed by atoms with E-state index < -0.39 is 0 Å². The lowest BCUT2D eigenvalue weighted by Crippen LogP contribution is -2.67. The van der Waals surface area contributed by atoms with Crippen molar-refractivity contribution in [3.8, 4) is 0 Å². The number of carbonyl (C=O) groups excluding carboxylic acids is 2. The lowest BCUT2D eigenvalue weighted by molar-refractivity contribution is -0.255. The van der Waals surface area contributed by atoms with E-state index in [1.54, 1.807) is 6.92 Å². The first-order chi connectivity index (χ1) is 18.2. The second-order valence-corrected chi connectivity index (χ2v) is 16.4. The lowest BCUT2D eigenvalue weighted by Gasteiger charge is -2.73. The van der Waals surface area contributed by atoms with E-state index in [1.807, 2.05) is 0 Å². The number of allylic oxidation sites excluding steroid dienone is 1. The summed E-state index contributed by atoms with van der Waals surface area (Å²) >= 11 is 0. The van der Waals surface area contributed by atoms with E-state index in [0.29, 0.717) is 41.4 Å². The molecule has 0 unspecified atom stereocenters. The van der Waals surface area contributed by atoms with Gasteiger partial charge in [-0.1, -0.05) is 46.8 Å². The van der Waals surface area contributed by atoms with Crippen LogP contribution >= 0.6 is 0 Å². The molecule has 1 saturated heterocycles. The highest BCUT2D eigenvalue weighted by Gasteiger charge is 2.72. The molecule has 0 spiro atoms. The molecule has 4 nitrogen and oxygen atoms in total. The molecule has 0 bridgehead atoms. The van der Waals surface area contributed by atoms with Crippen molar-refractivity contribution in [1.29, 1.82) is 0 Å². The fourth-order valence-electron chi connectivity index (χ4n) is 13.1. The van der Waals surface area contributed by atoms with Crippen molar-refractivity contribution in [2.45, 2.75) is 138 Å². The summed E-state index contributed by atoms with van der Waals surface area (Å²) in [5.74, 6) is 2.98. The number of esters is 2. The van der Waals surface area contributed by atoms with Crippen LogP contribution in [0, 0.1) is 56.7 Å². The van der Waals surface area contributed by atoms with Gasteiger partial charge < -0.3 is 9.47 Å². The minimum atomic E-state index is -0.132. The third kappa shape index (κ3) is 3.60. The van der Waals surface area contributed by atoms with E-state index in [4.69, 9.17) is 9.47 Å². The SMILES string of the molecule is C=C(C)[C@@H]1CC[C@]2([C@H]3CCC(=O)O3)CC[C@]3(C)[C@H](CC[C@@H]4[C@@]5(C)CC[C@H](OC(C)=O)C(C)(C)[C@@H]5CC[C@]43C)[C@@H]12. The summed E-state index contributed by atoms with van der Waals surface area (Å²) in [6, 6.07) is 0. The van der Waals surface area contributed by atoms with E-state index in [-0.39, 0.29) is 45.8 Å². The Morgan fingerprint density at radius 3 is 2.23 bits per heavy atom. The Labute approximate surface area is 237 Å². The Bertz CT molecular complexity index is 1060. The van der Waals surface area contributed by atoms with E-state index in [2.05, 4.69) is 48.1 Å². The third-order valence-electron chi connectivity index (χ3n) is 14.9. The summed E-state index contributed by atoms with van der Waals surface area (Å²) in [5.41, 5.74) is 2.36. The van der Waals surface area contributed by atoms with Gasteiger partial charge in [-0.25, -0.2) is 0 Å². The van der Waals surface area contributed by atoms with Gasteiger partial charge in [-0.2, -0.15) is 0 Å². The van der Waals surface area contributed by atoms with Crippen LogP contribution in [0.1, 0.15) is 126 Å². The average Bonchev–Trinajstić information content (AvgIpc) is 3.46. The minimum Gasteiger partial charge on any atom is -0.462 e. The van der Waals surface area contributed by atoms with Gasteiger partial charge in [-0.15, -0.1) is 0 Å². The first-order valence-electron chi connectivity index (χ1n) is 16.2. The number of rotatable bonds is 3. The van der Waals surface area contributed by atoms with Crippen molar-refractivity contribution in [3.05, 3.63) is 12.2 Å². The van der Waals surface area contributed by atoms with Crippen LogP contribution in [0.15, 0.2) is 12.2 Å². The van der Waals surface area contributed by atoms with Crippen molar-refractivity contribution in [2.75, 3.05) is 0 Å². The summed E-state index contributed by atoms with van der Waals surface area (Å²) in [5, 5.41) is 0. The number of cyclic esters (lactones) is 1. The van der Waals surface area contributed by atoms with E-state index in [0.717, 1.165) is 12.8 Å². The van der Waals surface area contributed by atoms with Crippen LogP contribution in [-0.2, 0) is 19.1 Å². The van der Waals surface area contributed by atoms with Crippen LogP contribution < -0.4 is 0 Å². The fraction of sp³-hybridized carbons (Fsp3) is 0.886. The summed E-state index contributed by atoms with van der Waals surface area (Å²) in [4.78, 5) is 24.3. The zero-order chi connectivity index (χ0) is 28.2. The molecule has 11 atom stereocenters. The standard InChI is InChI=1S/C35H54O4/c1-21(2)23-13-18-35(28-11-12-29(37)39-28)20-19-33(7)24(30(23)35)9-10-26-32(6)16-15-27(38-22(3)36)31(4,5)25(32)14-17-34(26,33)8/h23-28,30H,1,9-20H2,2-8H3/t23-,24+,25-,26+,27-,28+,30+,32-,33+,34+,35+/m0/s1. The van der Waals surface area contributed by atoms with Gasteiger partial charge in [0.2, 0.25) is 0 Å². The maximum absolute atomic E-state index is 12.3. The van der Waals surface area contributed by atoms with Gasteiger partial charge in [0.25, 0.3) is 0 Å². The van der Waals surface area contributed by atoms with E-state index in [1.165, 1.54) is 63.4 Å². The summed E-state index contributed by atoms with van der Waals surface area (Å²) < 4.78 is 12.1. The molecule has 1 aliphatic heterocycles. The van der Waals surface area contributed by atoms with Crippen LogP contribution in [-0.4, -0.2) is 24.1 Å². The Morgan fingerprint density at radius 1 is 0.846 bits per heavy atom. The van der Waals surface area contributed by atoms with Gasteiger partial charge >= 0.3 is 11.9 Å². The molecular weight excluding hydrogens is 484 g/mol. The molecule has 0 aromatic carbocycles. The second-order valence-electron chi connectivity index (χ2n) is 16.4. The largest absolute Gasteiger partial charge is 0.462 e. The van der Waals surface area contributed by atoms with Crippen molar-refractivity contribution >= 4 is 11.9 Å². The molecule has 5 aliphatic carbocycles. The first kappa shape index (κ1) is 27.8. The molecule has 5 saturated carbocycles. The summed E-state index contributed by atoms with van der Waals surface area (Å²) in [6.45, 7) is 21.1. The van der Waals surface area contributed by atoms with Gasteiger partial charge in [-0.3, -0.25) is 9.59 Å². The molecule has 6 rings (SSSR count). The minimum absolute atomic E-state index is 0.00230. The van der Waals surface area contributed by atoms with Crippen molar-refractivity contribution in [3.63, 3.8) is 0 Å². The molecule has 0 amide bonds. The number of hydrogen-bond donors (Lipinski definition) is 0. The van der Waals surface area contributed by atoms with Gasteiger partial charge in [-0.05, 0) is 123 Å². The fourth-order valence-corrected chi connectivity index (χ4v) is 13.1. The van der Waals surface area contributed by atoms with Crippen LogP contribution in [0.3, 0.4) is 0 Å². The van der Waals surface area contributed by atoms with Gasteiger partial charge in [0, 0.05) is 24.2 Å². The van der Waals surface area contributed by atoms with E-state index >= 15 is 0 Å². The molecule has 39 heavy (non-hydrogen) atoms. The van der Waals surface area contributed by atoms with E-state index in [9.17, 15) is 9.59 Å². The average molecular weight is 539 g/mol. The molecule has 218 valence electrons. The summed E-state index contributed by atoms with van der Waals surface area (Å²) in [7, 11) is 0. The molecule has 6 fully saturated rings. The van der Waals surface area contributed by atoms with Crippen molar-refractivity contribution in [1.82, 2.24) is 0 Å². The highest BCUT2D eigenvalue weighted by molar-refractivity contribution is 5.71. The Morgan fingerprint density at radius 2 is 1.59 bits per heavy atom. The maximum Gasteiger partial charge on any atom is 0.306 e. The van der Waals surface area contributed by atoms with Gasteiger partial charge in [0.1, 0.15) is 12.2 Å². The monoisotopic (exact) mass is 538 g/mol. The number of ether oxygens (including phenoxy) is 2. The Kier molecular flexibility index (Phi) is 6.31. The third-order valence-corrected chi connectivity index (χ3v) is 14.9. The quantitative estimate of drug-likeness (QED) is 0.268. The summed E-state index contributed by atoms with van der Waals surface area (Å²) in [6.07, 6.45) is 13.8. The number of carbonyl (C=O) groups is 2. The maximum atomic E-state index is 12.3. The zero-order valence-corrected chi connectivity index (χ0v) is 25.9. The van der Waals surface area contributed by atoms with Gasteiger partial charge in [0.15, 0.2) is 0 Å². The molecule has 0 aromatic rings. The molecule has 0 aromatic heterocycles. The first-order valence-corrected chi connectivity index (χ1v) is 16.2. The highest BCUT2D eigenvalue weighted by atomic mass is 16.6. The number of hydrogen-bond acceptors (Lipinski definition) is 4. The highest BCUT2D eigenvalue weighted by Crippen LogP contribution is 2.78. The topological polar surface area (TPSA) is 52.6 Å². The normalized spacial score (nSPS) is 52.1. The second kappa shape index (κ2) is 8.84. The van der Waals surface area contributed by atoms with Crippen LogP contribution in [0.5, 0.6) is 0 Å². The zero-order valence-electron chi connectivity index (χ0n) is 25.9. The lowest BCUT2D eigenvalue weighted by atomic mass is 9.32.